The van der Waals surface area contributed by atoms with Gasteiger partial charge in [-0.05, 0) is 30.7 Å². The molecular formula is C14H15FN4O2. The van der Waals surface area contributed by atoms with Gasteiger partial charge in [-0.15, -0.1) is 0 Å². The van der Waals surface area contributed by atoms with Crippen LogP contribution in [0.3, 0.4) is 0 Å². The molecule has 0 saturated carbocycles. The van der Waals surface area contributed by atoms with Gasteiger partial charge in [-0.25, -0.2) is 4.39 Å². The number of anilines is 1. The first-order chi connectivity index (χ1) is 10.2. The molecule has 0 spiro atoms. The molecule has 0 fully saturated rings. The van der Waals surface area contributed by atoms with Crippen molar-refractivity contribution in [3.05, 3.63) is 41.9 Å². The Balaban J connectivity index is 2.47. The summed E-state index contributed by atoms with van der Waals surface area (Å²) in [7, 11) is 0. The van der Waals surface area contributed by atoms with E-state index in [1.165, 1.54) is 30.5 Å². The molecule has 0 bridgehead atoms. The molecular weight excluding hydrogens is 275 g/mol. The van der Waals surface area contributed by atoms with Gasteiger partial charge in [0.1, 0.15) is 17.5 Å². The minimum atomic E-state index is -0.581. The molecule has 1 aromatic rings. The molecule has 0 radical (unpaired) electrons. The number of amides is 2. The molecule has 6 nitrogen and oxygen atoms in total. The van der Waals surface area contributed by atoms with Crippen LogP contribution in [0.4, 0.5) is 10.1 Å². The van der Waals surface area contributed by atoms with Gasteiger partial charge in [0.2, 0.25) is 6.41 Å². The van der Waals surface area contributed by atoms with Crippen LogP contribution in [-0.2, 0) is 9.59 Å². The van der Waals surface area contributed by atoms with Gasteiger partial charge >= 0.3 is 0 Å². The third-order valence-corrected chi connectivity index (χ3v) is 2.44. The summed E-state index contributed by atoms with van der Waals surface area (Å²) in [6, 6.07) is 7.01. The fraction of sp³-hybridized carbons (Fsp3) is 0.214. The second kappa shape index (κ2) is 9.09. The maximum atomic E-state index is 12.7. The molecule has 0 aliphatic rings. The first kappa shape index (κ1) is 16.2. The van der Waals surface area contributed by atoms with Crippen molar-refractivity contribution < 1.29 is 14.0 Å². The second-order valence-corrected chi connectivity index (χ2v) is 4.01. The van der Waals surface area contributed by atoms with Crippen LogP contribution in [0.25, 0.3) is 0 Å². The summed E-state index contributed by atoms with van der Waals surface area (Å²) in [6.45, 7) is 1.02. The average Bonchev–Trinajstić information content (AvgIpc) is 2.49. The lowest BCUT2D eigenvalue weighted by Gasteiger charge is -2.05. The Hall–Kier alpha value is -2.88. The molecule has 0 saturated heterocycles. The Kier molecular flexibility index (Phi) is 7.00. The zero-order valence-electron chi connectivity index (χ0n) is 11.2. The highest BCUT2D eigenvalue weighted by Gasteiger charge is 2.08. The fourth-order valence-electron chi connectivity index (χ4n) is 1.41. The van der Waals surface area contributed by atoms with Crippen LogP contribution < -0.4 is 16.0 Å². The highest BCUT2D eigenvalue weighted by Crippen LogP contribution is 2.09. The lowest BCUT2D eigenvalue weighted by molar-refractivity contribution is -0.112. The molecule has 3 N–H and O–H groups in total. The largest absolute Gasteiger partial charge is 0.390 e. The van der Waals surface area contributed by atoms with Gasteiger partial charge in [0.05, 0.1) is 0 Å². The third kappa shape index (κ3) is 6.20. The monoisotopic (exact) mass is 290 g/mol. The maximum Gasteiger partial charge on any atom is 0.267 e. The average molecular weight is 290 g/mol. The number of halogens is 1. The fourth-order valence-corrected chi connectivity index (χ4v) is 1.41. The molecule has 110 valence electrons. The summed E-state index contributed by atoms with van der Waals surface area (Å²) in [5.74, 6) is -0.989. The molecule has 0 aromatic heterocycles. The molecule has 0 aliphatic heterocycles. The standard InChI is InChI=1S/C14H15FN4O2/c15-12-2-4-13(5-3-12)19-14(21)11(8-16)9-17-6-1-7-18-10-20/h2-5,9-10,17H,1,6-7H2,(H,18,20)(H,19,21)/b11-9-. The summed E-state index contributed by atoms with van der Waals surface area (Å²) in [6.07, 6.45) is 2.57. The number of hydrogen-bond acceptors (Lipinski definition) is 4. The Morgan fingerprint density at radius 2 is 1.90 bits per heavy atom. The van der Waals surface area contributed by atoms with Crippen LogP contribution in [0, 0.1) is 17.1 Å². The third-order valence-electron chi connectivity index (χ3n) is 2.44. The number of rotatable bonds is 8. The first-order valence-electron chi connectivity index (χ1n) is 6.25. The summed E-state index contributed by atoms with van der Waals surface area (Å²) >= 11 is 0. The van der Waals surface area contributed by atoms with Gasteiger partial charge in [0.15, 0.2) is 0 Å². The van der Waals surface area contributed by atoms with Crippen LogP contribution in [0.2, 0.25) is 0 Å². The Bertz CT molecular complexity index is 549. The zero-order chi connectivity index (χ0) is 15.5. The van der Waals surface area contributed by atoms with Crippen LogP contribution in [0.15, 0.2) is 36.0 Å². The molecule has 7 heteroatoms. The minimum absolute atomic E-state index is 0.0947. The number of benzene rings is 1. The van der Waals surface area contributed by atoms with Crippen molar-refractivity contribution in [3.63, 3.8) is 0 Å². The van der Waals surface area contributed by atoms with Crippen LogP contribution >= 0.6 is 0 Å². The van der Waals surface area contributed by atoms with E-state index in [1.807, 2.05) is 0 Å². The van der Waals surface area contributed by atoms with Crippen molar-refractivity contribution in [3.8, 4) is 6.07 Å². The van der Waals surface area contributed by atoms with E-state index in [4.69, 9.17) is 5.26 Å². The molecule has 1 rings (SSSR count). The van der Waals surface area contributed by atoms with E-state index in [0.717, 1.165) is 0 Å². The number of hydrogen-bond donors (Lipinski definition) is 3. The van der Waals surface area contributed by atoms with Gasteiger partial charge in [-0.3, -0.25) is 9.59 Å². The normalized spacial score (nSPS) is 10.4. The number of nitriles is 1. The predicted octanol–water partition coefficient (Wildman–Crippen LogP) is 0.897. The van der Waals surface area contributed by atoms with Gasteiger partial charge in [-0.1, -0.05) is 0 Å². The highest BCUT2D eigenvalue weighted by atomic mass is 19.1. The summed E-state index contributed by atoms with van der Waals surface area (Å²) in [5, 5.41) is 16.7. The van der Waals surface area contributed by atoms with Crippen molar-refractivity contribution in [2.24, 2.45) is 0 Å². The van der Waals surface area contributed by atoms with Crippen molar-refractivity contribution in [2.75, 3.05) is 18.4 Å². The molecule has 21 heavy (non-hydrogen) atoms. The number of nitrogens with zero attached hydrogens (tertiary/aromatic N) is 1. The van der Waals surface area contributed by atoms with Crippen LogP contribution in [0.5, 0.6) is 0 Å². The second-order valence-electron chi connectivity index (χ2n) is 4.01. The maximum absolute atomic E-state index is 12.7. The van der Waals surface area contributed by atoms with E-state index < -0.39 is 11.7 Å². The zero-order valence-corrected chi connectivity index (χ0v) is 11.2. The topological polar surface area (TPSA) is 94.0 Å². The smallest absolute Gasteiger partial charge is 0.267 e. The molecule has 2 amide bonds. The van der Waals surface area contributed by atoms with E-state index >= 15 is 0 Å². The van der Waals surface area contributed by atoms with E-state index in [9.17, 15) is 14.0 Å². The van der Waals surface area contributed by atoms with E-state index in [2.05, 4.69) is 16.0 Å². The molecule has 0 atom stereocenters. The van der Waals surface area contributed by atoms with Crippen molar-refractivity contribution in [1.29, 1.82) is 5.26 Å². The summed E-state index contributed by atoms with van der Waals surface area (Å²) < 4.78 is 12.7. The Morgan fingerprint density at radius 3 is 2.52 bits per heavy atom. The minimum Gasteiger partial charge on any atom is -0.390 e. The van der Waals surface area contributed by atoms with E-state index in [1.54, 1.807) is 6.07 Å². The quantitative estimate of drug-likeness (QED) is 0.287. The summed E-state index contributed by atoms with van der Waals surface area (Å²) in [4.78, 5) is 21.8. The van der Waals surface area contributed by atoms with Gasteiger partial charge in [0.25, 0.3) is 5.91 Å². The van der Waals surface area contributed by atoms with Crippen molar-refractivity contribution >= 4 is 18.0 Å². The Morgan fingerprint density at radius 1 is 1.24 bits per heavy atom. The molecule has 0 unspecified atom stereocenters. The van der Waals surface area contributed by atoms with Gasteiger partial charge < -0.3 is 16.0 Å². The van der Waals surface area contributed by atoms with Crippen LogP contribution in [0.1, 0.15) is 6.42 Å². The number of carbonyl (C=O) groups is 2. The lowest BCUT2D eigenvalue weighted by Crippen LogP contribution is -2.20. The Labute approximate surface area is 121 Å². The van der Waals surface area contributed by atoms with Crippen LogP contribution in [-0.4, -0.2) is 25.4 Å². The van der Waals surface area contributed by atoms with Gasteiger partial charge in [-0.2, -0.15) is 5.26 Å². The highest BCUT2D eigenvalue weighted by molar-refractivity contribution is 6.06. The predicted molar refractivity (Wildman–Crippen MR) is 75.4 cm³/mol. The number of carbonyl (C=O) groups excluding carboxylic acids is 2. The molecule has 0 aliphatic carbocycles. The summed E-state index contributed by atoms with van der Waals surface area (Å²) in [5.41, 5.74) is 0.306. The van der Waals surface area contributed by atoms with E-state index in [-0.39, 0.29) is 5.57 Å². The lowest BCUT2D eigenvalue weighted by atomic mass is 10.2. The molecule has 0 heterocycles. The SMILES string of the molecule is N#C/C(=C/NCCCNC=O)C(=O)Nc1ccc(F)cc1. The van der Waals surface area contributed by atoms with Crippen molar-refractivity contribution in [1.82, 2.24) is 10.6 Å². The first-order valence-corrected chi connectivity index (χ1v) is 6.25. The molecule has 1 aromatic carbocycles. The number of nitrogens with one attached hydrogen (secondary N) is 3. The van der Waals surface area contributed by atoms with Crippen molar-refractivity contribution in [2.45, 2.75) is 6.42 Å². The van der Waals surface area contributed by atoms with E-state index in [0.29, 0.717) is 31.6 Å². The van der Waals surface area contributed by atoms with Gasteiger partial charge in [0, 0.05) is 25.0 Å².